The summed E-state index contributed by atoms with van der Waals surface area (Å²) in [6.45, 7) is 18.6. The van der Waals surface area contributed by atoms with Crippen molar-refractivity contribution in [2.75, 3.05) is 14.1 Å². The lowest BCUT2D eigenvalue weighted by atomic mass is 9.71. The Morgan fingerprint density at radius 2 is 1.29 bits per heavy atom. The standard InChI is InChI=1S/C22H43N3O3/c1-15(26)17(20(5,6)14-22(9,10)24-25(11)12)23-18(28)21(7,8)13-19(3,4)16(2)27/h17,24H,13-14H2,1-12H3,(H,23,28). The Morgan fingerprint density at radius 1 is 0.821 bits per heavy atom. The molecule has 164 valence electrons. The van der Waals surface area contributed by atoms with E-state index in [-0.39, 0.29) is 23.0 Å². The lowest BCUT2D eigenvalue weighted by Crippen LogP contribution is -2.57. The van der Waals surface area contributed by atoms with Crippen LogP contribution in [0, 0.1) is 16.2 Å². The van der Waals surface area contributed by atoms with Crippen LogP contribution in [0.1, 0.15) is 82.1 Å². The molecular formula is C22H43N3O3. The highest BCUT2D eigenvalue weighted by Crippen LogP contribution is 2.36. The Kier molecular flexibility index (Phi) is 8.63. The third-order valence-corrected chi connectivity index (χ3v) is 5.34. The van der Waals surface area contributed by atoms with Crippen molar-refractivity contribution in [3.05, 3.63) is 0 Å². The first-order chi connectivity index (χ1) is 12.2. The fourth-order valence-electron chi connectivity index (χ4n) is 4.37. The van der Waals surface area contributed by atoms with Gasteiger partial charge >= 0.3 is 0 Å². The molecule has 0 aliphatic carbocycles. The lowest BCUT2D eigenvalue weighted by Gasteiger charge is -2.42. The molecule has 0 aliphatic rings. The monoisotopic (exact) mass is 397 g/mol. The van der Waals surface area contributed by atoms with E-state index in [1.54, 1.807) is 6.92 Å². The normalized spacial score (nSPS) is 14.8. The summed E-state index contributed by atoms with van der Waals surface area (Å²) in [5, 5.41) is 4.89. The maximum absolute atomic E-state index is 13.1. The van der Waals surface area contributed by atoms with Gasteiger partial charge in [0.1, 0.15) is 5.78 Å². The van der Waals surface area contributed by atoms with Crippen molar-refractivity contribution in [3.8, 4) is 0 Å². The summed E-state index contributed by atoms with van der Waals surface area (Å²) in [6.07, 6.45) is 1.10. The van der Waals surface area contributed by atoms with Crippen molar-refractivity contribution < 1.29 is 14.4 Å². The summed E-state index contributed by atoms with van der Waals surface area (Å²) >= 11 is 0. The number of carbonyl (C=O) groups excluding carboxylic acids is 3. The molecule has 2 N–H and O–H groups in total. The van der Waals surface area contributed by atoms with Crippen molar-refractivity contribution in [3.63, 3.8) is 0 Å². The fourth-order valence-corrected chi connectivity index (χ4v) is 4.37. The van der Waals surface area contributed by atoms with Gasteiger partial charge in [0.25, 0.3) is 0 Å². The van der Waals surface area contributed by atoms with Crippen LogP contribution in [0.15, 0.2) is 0 Å². The predicted octanol–water partition coefficient (Wildman–Crippen LogP) is 3.35. The van der Waals surface area contributed by atoms with Crippen LogP contribution >= 0.6 is 0 Å². The van der Waals surface area contributed by atoms with E-state index in [4.69, 9.17) is 0 Å². The van der Waals surface area contributed by atoms with Crippen LogP contribution in [0.3, 0.4) is 0 Å². The van der Waals surface area contributed by atoms with Crippen LogP contribution in [0.5, 0.6) is 0 Å². The molecule has 0 aromatic heterocycles. The van der Waals surface area contributed by atoms with Gasteiger partial charge in [0.2, 0.25) is 5.91 Å². The Labute approximate surface area is 172 Å². The zero-order chi connectivity index (χ0) is 22.7. The second-order valence-corrected chi connectivity index (χ2v) is 11.1. The zero-order valence-corrected chi connectivity index (χ0v) is 20.2. The highest BCUT2D eigenvalue weighted by Gasteiger charge is 2.43. The minimum Gasteiger partial charge on any atom is -0.345 e. The number of hydrogen-bond acceptors (Lipinski definition) is 5. The van der Waals surface area contributed by atoms with E-state index in [9.17, 15) is 14.4 Å². The average Bonchev–Trinajstić information content (AvgIpc) is 2.39. The van der Waals surface area contributed by atoms with E-state index >= 15 is 0 Å². The van der Waals surface area contributed by atoms with E-state index in [0.29, 0.717) is 12.8 Å². The van der Waals surface area contributed by atoms with Gasteiger partial charge in [-0.15, -0.1) is 0 Å². The molecule has 6 nitrogen and oxygen atoms in total. The Balaban J connectivity index is 5.52. The summed E-state index contributed by atoms with van der Waals surface area (Å²) in [7, 11) is 3.86. The first-order valence-corrected chi connectivity index (χ1v) is 10.0. The maximum Gasteiger partial charge on any atom is 0.226 e. The van der Waals surface area contributed by atoms with E-state index in [0.717, 1.165) is 0 Å². The van der Waals surface area contributed by atoms with Gasteiger partial charge in [0.05, 0.1) is 6.04 Å². The Bertz CT molecular complexity index is 590. The number of rotatable bonds is 11. The number of Topliss-reactive ketones (excluding diaryl/α,β-unsaturated/α-hetero) is 2. The van der Waals surface area contributed by atoms with Gasteiger partial charge in [0.15, 0.2) is 5.78 Å². The molecule has 28 heavy (non-hydrogen) atoms. The summed E-state index contributed by atoms with van der Waals surface area (Å²) in [5.74, 6) is -0.220. The molecule has 0 rings (SSSR count). The third-order valence-electron chi connectivity index (χ3n) is 5.34. The molecule has 0 bridgehead atoms. The van der Waals surface area contributed by atoms with E-state index in [1.807, 2.05) is 60.6 Å². The first-order valence-electron chi connectivity index (χ1n) is 10.0. The lowest BCUT2D eigenvalue weighted by molar-refractivity contribution is -0.138. The second-order valence-electron chi connectivity index (χ2n) is 11.1. The average molecular weight is 398 g/mol. The summed E-state index contributed by atoms with van der Waals surface area (Å²) in [6, 6.07) is -0.608. The quantitative estimate of drug-likeness (QED) is 0.523. The number of carbonyl (C=O) groups is 3. The van der Waals surface area contributed by atoms with Gasteiger partial charge in [-0.05, 0) is 46.0 Å². The van der Waals surface area contributed by atoms with Gasteiger partial charge < -0.3 is 5.32 Å². The number of hydrazine groups is 1. The molecular weight excluding hydrogens is 354 g/mol. The van der Waals surface area contributed by atoms with E-state index in [1.165, 1.54) is 6.92 Å². The van der Waals surface area contributed by atoms with Crippen molar-refractivity contribution in [1.29, 1.82) is 0 Å². The molecule has 0 aromatic carbocycles. The van der Waals surface area contributed by atoms with Crippen LogP contribution in [0.2, 0.25) is 0 Å². The highest BCUT2D eigenvalue weighted by atomic mass is 16.2. The summed E-state index contributed by atoms with van der Waals surface area (Å²) in [5.41, 5.74) is 1.29. The molecule has 1 unspecified atom stereocenters. The van der Waals surface area contributed by atoms with Gasteiger partial charge in [-0.1, -0.05) is 41.5 Å². The number of ketones is 2. The molecule has 0 radical (unpaired) electrons. The van der Waals surface area contributed by atoms with Crippen molar-refractivity contribution in [1.82, 2.24) is 15.8 Å². The number of nitrogens with zero attached hydrogens (tertiary/aromatic N) is 1. The SMILES string of the molecule is CC(=O)C(NC(=O)C(C)(C)CC(C)(C)C(C)=O)C(C)(C)CC(C)(C)NN(C)C. The molecule has 0 spiro atoms. The molecule has 1 amide bonds. The van der Waals surface area contributed by atoms with Gasteiger partial charge in [-0.2, -0.15) is 0 Å². The van der Waals surface area contributed by atoms with Crippen LogP contribution in [-0.4, -0.2) is 48.2 Å². The summed E-state index contributed by atoms with van der Waals surface area (Å²) in [4.78, 5) is 37.4. The van der Waals surface area contributed by atoms with E-state index < -0.39 is 22.3 Å². The first kappa shape index (κ1) is 26.7. The Morgan fingerprint density at radius 3 is 1.64 bits per heavy atom. The third kappa shape index (κ3) is 8.00. The summed E-state index contributed by atoms with van der Waals surface area (Å²) < 4.78 is 0. The van der Waals surface area contributed by atoms with Crippen molar-refractivity contribution >= 4 is 17.5 Å². The van der Waals surface area contributed by atoms with E-state index in [2.05, 4.69) is 24.6 Å². The van der Waals surface area contributed by atoms with Gasteiger partial charge in [-0.25, -0.2) is 0 Å². The minimum atomic E-state index is -0.768. The topological polar surface area (TPSA) is 78.5 Å². The number of hydrogen-bond donors (Lipinski definition) is 2. The van der Waals surface area contributed by atoms with Crippen molar-refractivity contribution in [2.45, 2.75) is 93.7 Å². The number of amides is 1. The van der Waals surface area contributed by atoms with Crippen molar-refractivity contribution in [2.24, 2.45) is 16.2 Å². The Hall–Kier alpha value is -1.27. The second kappa shape index (κ2) is 9.04. The number of nitrogens with one attached hydrogen (secondary N) is 2. The molecule has 0 aliphatic heterocycles. The fraction of sp³-hybridized carbons (Fsp3) is 0.864. The maximum atomic E-state index is 13.1. The zero-order valence-electron chi connectivity index (χ0n) is 20.2. The largest absolute Gasteiger partial charge is 0.345 e. The minimum absolute atomic E-state index is 0.0494. The van der Waals surface area contributed by atoms with Crippen LogP contribution in [0.25, 0.3) is 0 Å². The van der Waals surface area contributed by atoms with Gasteiger partial charge in [-0.3, -0.25) is 24.8 Å². The highest BCUT2D eigenvalue weighted by molar-refractivity contribution is 5.91. The molecule has 0 saturated carbocycles. The van der Waals surface area contributed by atoms with Crippen LogP contribution < -0.4 is 10.7 Å². The molecule has 1 atom stereocenters. The molecule has 0 aromatic rings. The van der Waals surface area contributed by atoms with Gasteiger partial charge in [0, 0.05) is 30.5 Å². The molecule has 0 fully saturated rings. The molecule has 0 heterocycles. The van der Waals surface area contributed by atoms with Crippen LogP contribution in [-0.2, 0) is 14.4 Å². The molecule has 0 saturated heterocycles. The molecule has 6 heteroatoms. The smallest absolute Gasteiger partial charge is 0.226 e. The predicted molar refractivity (Wildman–Crippen MR) is 115 cm³/mol. The van der Waals surface area contributed by atoms with Crippen LogP contribution in [0.4, 0.5) is 0 Å².